The highest BCUT2D eigenvalue weighted by molar-refractivity contribution is 7.08. The van der Waals surface area contributed by atoms with Crippen molar-refractivity contribution in [2.24, 2.45) is 0 Å². The number of benzene rings is 1. The molecule has 2 fully saturated rings. The van der Waals surface area contributed by atoms with Gasteiger partial charge in [0.05, 0.1) is 22.9 Å². The molecule has 1 aromatic heterocycles. The molecule has 2 aliphatic rings. The SMILES string of the molecule is O=C(Nc1ccccc1C(=O)N1CCN(CC2CCCO2)CC1)c1ccsc1. The third-order valence-electron chi connectivity index (χ3n) is 5.33. The minimum absolute atomic E-state index is 0.0296. The molecule has 1 N–H and O–H groups in total. The molecule has 1 unspecified atom stereocenters. The number of anilines is 1. The fourth-order valence-electron chi connectivity index (χ4n) is 3.75. The molecule has 0 aliphatic carbocycles. The Hall–Kier alpha value is -2.22. The lowest BCUT2D eigenvalue weighted by Gasteiger charge is -2.36. The van der Waals surface area contributed by atoms with Gasteiger partial charge >= 0.3 is 0 Å². The van der Waals surface area contributed by atoms with Crippen LogP contribution in [0.3, 0.4) is 0 Å². The van der Waals surface area contributed by atoms with Crippen LogP contribution in [0.4, 0.5) is 5.69 Å². The summed E-state index contributed by atoms with van der Waals surface area (Å²) in [6, 6.07) is 9.01. The molecule has 3 heterocycles. The van der Waals surface area contributed by atoms with Gasteiger partial charge in [-0.15, -0.1) is 0 Å². The van der Waals surface area contributed by atoms with Crippen molar-refractivity contribution >= 4 is 28.8 Å². The number of carbonyl (C=O) groups is 2. The van der Waals surface area contributed by atoms with Crippen molar-refractivity contribution in [3.63, 3.8) is 0 Å². The van der Waals surface area contributed by atoms with Crippen molar-refractivity contribution in [2.75, 3.05) is 44.6 Å². The molecule has 1 aromatic carbocycles. The van der Waals surface area contributed by atoms with Crippen LogP contribution >= 0.6 is 11.3 Å². The molecule has 1 atom stereocenters. The lowest BCUT2D eigenvalue weighted by Crippen LogP contribution is -2.50. The zero-order valence-electron chi connectivity index (χ0n) is 15.8. The Morgan fingerprint density at radius 3 is 2.68 bits per heavy atom. The number of ether oxygens (including phenoxy) is 1. The number of carbonyl (C=O) groups excluding carboxylic acids is 2. The minimum Gasteiger partial charge on any atom is -0.377 e. The van der Waals surface area contributed by atoms with Gasteiger partial charge in [0.25, 0.3) is 11.8 Å². The smallest absolute Gasteiger partial charge is 0.256 e. The van der Waals surface area contributed by atoms with E-state index in [4.69, 9.17) is 4.74 Å². The second-order valence-electron chi connectivity index (χ2n) is 7.24. The van der Waals surface area contributed by atoms with Gasteiger partial charge in [0.2, 0.25) is 0 Å². The van der Waals surface area contributed by atoms with Crippen LogP contribution in [0, 0.1) is 0 Å². The van der Waals surface area contributed by atoms with Crippen LogP contribution in [0.1, 0.15) is 33.6 Å². The number of hydrogen-bond acceptors (Lipinski definition) is 5. The topological polar surface area (TPSA) is 61.9 Å². The molecular formula is C21H25N3O3S. The van der Waals surface area contributed by atoms with Crippen molar-refractivity contribution in [1.82, 2.24) is 9.80 Å². The number of rotatable bonds is 5. The van der Waals surface area contributed by atoms with Gasteiger partial charge in [0.15, 0.2) is 0 Å². The summed E-state index contributed by atoms with van der Waals surface area (Å²) in [4.78, 5) is 29.7. The van der Waals surface area contributed by atoms with E-state index in [-0.39, 0.29) is 11.8 Å². The number of thiophene rings is 1. The van der Waals surface area contributed by atoms with Gasteiger partial charge in [0.1, 0.15) is 0 Å². The molecular weight excluding hydrogens is 374 g/mol. The fourth-order valence-corrected chi connectivity index (χ4v) is 4.38. The molecule has 2 aromatic rings. The van der Waals surface area contributed by atoms with Gasteiger partial charge in [-0.1, -0.05) is 12.1 Å². The van der Waals surface area contributed by atoms with Crippen molar-refractivity contribution < 1.29 is 14.3 Å². The number of nitrogens with zero attached hydrogens (tertiary/aromatic N) is 2. The van der Waals surface area contributed by atoms with Crippen LogP contribution in [0.15, 0.2) is 41.1 Å². The summed E-state index contributed by atoms with van der Waals surface area (Å²) in [5.74, 6) is -0.221. The van der Waals surface area contributed by atoms with Gasteiger partial charge in [0, 0.05) is 44.7 Å². The molecule has 7 heteroatoms. The van der Waals surface area contributed by atoms with Crippen LogP contribution in [0.2, 0.25) is 0 Å². The van der Waals surface area contributed by atoms with Crippen LogP contribution < -0.4 is 5.32 Å². The van der Waals surface area contributed by atoms with E-state index >= 15 is 0 Å². The summed E-state index contributed by atoms with van der Waals surface area (Å²) >= 11 is 1.47. The normalized spacial score (nSPS) is 20.3. The van der Waals surface area contributed by atoms with Crippen LogP contribution in [-0.2, 0) is 4.74 Å². The first kappa shape index (κ1) is 19.1. The second-order valence-corrected chi connectivity index (χ2v) is 8.02. The summed E-state index contributed by atoms with van der Waals surface area (Å²) in [5, 5.41) is 6.55. The summed E-state index contributed by atoms with van der Waals surface area (Å²) in [6.45, 7) is 4.92. The molecule has 2 amide bonds. The maximum absolute atomic E-state index is 13.1. The molecule has 0 saturated carbocycles. The van der Waals surface area contributed by atoms with E-state index in [1.165, 1.54) is 11.3 Å². The third-order valence-corrected chi connectivity index (χ3v) is 6.02. The first-order valence-electron chi connectivity index (χ1n) is 9.76. The van der Waals surface area contributed by atoms with Gasteiger partial charge in [-0.3, -0.25) is 14.5 Å². The summed E-state index contributed by atoms with van der Waals surface area (Å²) in [5.41, 5.74) is 1.71. The lowest BCUT2D eigenvalue weighted by molar-refractivity contribution is 0.0433. The number of para-hydroxylation sites is 1. The summed E-state index contributed by atoms with van der Waals surface area (Å²) in [7, 11) is 0. The lowest BCUT2D eigenvalue weighted by atomic mass is 10.1. The molecule has 6 nitrogen and oxygen atoms in total. The third kappa shape index (κ3) is 4.43. The fraction of sp³-hybridized carbons (Fsp3) is 0.429. The first-order chi connectivity index (χ1) is 13.7. The average molecular weight is 400 g/mol. The molecule has 0 bridgehead atoms. The quantitative estimate of drug-likeness (QED) is 0.840. The number of amides is 2. The predicted octanol–water partition coefficient (Wildman–Crippen LogP) is 2.94. The molecule has 0 spiro atoms. The van der Waals surface area contributed by atoms with E-state index in [0.29, 0.717) is 36.0 Å². The van der Waals surface area contributed by atoms with Crippen molar-refractivity contribution in [3.8, 4) is 0 Å². The highest BCUT2D eigenvalue weighted by Crippen LogP contribution is 2.21. The molecule has 2 saturated heterocycles. The Morgan fingerprint density at radius 2 is 1.96 bits per heavy atom. The largest absolute Gasteiger partial charge is 0.377 e. The van der Waals surface area contributed by atoms with Crippen molar-refractivity contribution in [3.05, 3.63) is 52.2 Å². The number of nitrogens with one attached hydrogen (secondary N) is 1. The van der Waals surface area contributed by atoms with E-state index in [9.17, 15) is 9.59 Å². The van der Waals surface area contributed by atoms with E-state index in [1.807, 2.05) is 22.4 Å². The Kier molecular flexibility index (Phi) is 6.04. The van der Waals surface area contributed by atoms with Crippen molar-refractivity contribution in [1.29, 1.82) is 0 Å². The van der Waals surface area contributed by atoms with Gasteiger partial charge < -0.3 is 15.0 Å². The molecule has 148 valence electrons. The average Bonchev–Trinajstić information content (AvgIpc) is 3.43. The van der Waals surface area contributed by atoms with Crippen molar-refractivity contribution in [2.45, 2.75) is 18.9 Å². The number of piperazine rings is 1. The zero-order chi connectivity index (χ0) is 19.3. The van der Waals surface area contributed by atoms with Crippen LogP contribution in [-0.4, -0.2) is 67.0 Å². The second kappa shape index (κ2) is 8.86. The van der Waals surface area contributed by atoms with Crippen LogP contribution in [0.5, 0.6) is 0 Å². The molecule has 2 aliphatic heterocycles. The number of hydrogen-bond donors (Lipinski definition) is 1. The van der Waals surface area contributed by atoms with E-state index in [0.717, 1.165) is 39.1 Å². The maximum Gasteiger partial charge on any atom is 0.256 e. The first-order valence-corrected chi connectivity index (χ1v) is 10.7. The Labute approximate surface area is 169 Å². The van der Waals surface area contributed by atoms with Gasteiger partial charge in [-0.2, -0.15) is 11.3 Å². The monoisotopic (exact) mass is 399 g/mol. The Balaban J connectivity index is 1.38. The molecule has 4 rings (SSSR count). The predicted molar refractivity (Wildman–Crippen MR) is 110 cm³/mol. The van der Waals surface area contributed by atoms with E-state index < -0.39 is 0 Å². The van der Waals surface area contributed by atoms with Gasteiger partial charge in [-0.25, -0.2) is 0 Å². The molecule has 0 radical (unpaired) electrons. The highest BCUT2D eigenvalue weighted by atomic mass is 32.1. The Morgan fingerprint density at radius 1 is 1.14 bits per heavy atom. The van der Waals surface area contributed by atoms with Gasteiger partial charge in [-0.05, 0) is 36.4 Å². The maximum atomic E-state index is 13.1. The van der Waals surface area contributed by atoms with E-state index in [2.05, 4.69) is 10.2 Å². The van der Waals surface area contributed by atoms with Crippen LogP contribution in [0.25, 0.3) is 0 Å². The summed E-state index contributed by atoms with van der Waals surface area (Å²) < 4.78 is 5.72. The Bertz CT molecular complexity index is 810. The van der Waals surface area contributed by atoms with E-state index in [1.54, 1.807) is 23.6 Å². The summed E-state index contributed by atoms with van der Waals surface area (Å²) in [6.07, 6.45) is 2.63. The highest BCUT2D eigenvalue weighted by Gasteiger charge is 2.26. The minimum atomic E-state index is -0.192. The standard InChI is InChI=1S/C21H25N3O3S/c25-20(16-7-13-28-15-16)22-19-6-2-1-5-18(19)21(26)24-10-8-23(9-11-24)14-17-4-3-12-27-17/h1-2,5-7,13,15,17H,3-4,8-12,14H2,(H,22,25). The molecule has 28 heavy (non-hydrogen) atoms. The zero-order valence-corrected chi connectivity index (χ0v) is 16.6.